The first-order valence-electron chi connectivity index (χ1n) is 5.26. The van der Waals surface area contributed by atoms with Gasteiger partial charge < -0.3 is 19.9 Å². The van der Waals surface area contributed by atoms with E-state index in [9.17, 15) is 4.79 Å². The van der Waals surface area contributed by atoms with Crippen molar-refractivity contribution in [2.45, 2.75) is 57.4 Å². The van der Waals surface area contributed by atoms with Crippen molar-refractivity contribution in [3.05, 3.63) is 0 Å². The first kappa shape index (κ1) is 10.9. The third-order valence-corrected chi connectivity index (χ3v) is 2.67. The number of rotatable bonds is 3. The largest absolute Gasteiger partial charge is 0.370 e. The van der Waals surface area contributed by atoms with E-state index in [0.717, 1.165) is 6.42 Å². The highest BCUT2D eigenvalue weighted by Gasteiger charge is 2.48. The summed E-state index contributed by atoms with van der Waals surface area (Å²) in [6.45, 7) is 3.74. The van der Waals surface area contributed by atoms with Gasteiger partial charge in [0.15, 0.2) is 12.1 Å². The van der Waals surface area contributed by atoms with Crippen molar-refractivity contribution in [2.24, 2.45) is 5.73 Å². The van der Waals surface area contributed by atoms with Crippen LogP contribution in [0.1, 0.15) is 33.1 Å². The lowest BCUT2D eigenvalue weighted by Gasteiger charge is -2.20. The van der Waals surface area contributed by atoms with E-state index in [1.54, 1.807) is 0 Å². The second-order valence-corrected chi connectivity index (χ2v) is 4.54. The summed E-state index contributed by atoms with van der Waals surface area (Å²) in [6.07, 6.45) is 1.53. The Bertz CT molecular complexity index is 250. The number of carbonyl (C=O) groups is 1. The molecule has 2 saturated heterocycles. The maximum absolute atomic E-state index is 10.6. The molecule has 0 aliphatic carbocycles. The highest BCUT2D eigenvalue weighted by atomic mass is 16.8. The molecule has 0 saturated carbocycles. The molecule has 2 N–H and O–H groups in total. The van der Waals surface area contributed by atoms with Crippen LogP contribution in [0.15, 0.2) is 0 Å². The predicted molar refractivity (Wildman–Crippen MR) is 51.7 cm³/mol. The molecule has 2 fully saturated rings. The molecule has 86 valence electrons. The van der Waals surface area contributed by atoms with Gasteiger partial charge in [-0.15, -0.1) is 0 Å². The summed E-state index contributed by atoms with van der Waals surface area (Å²) in [4.78, 5) is 10.6. The molecule has 15 heavy (non-hydrogen) atoms. The zero-order valence-corrected chi connectivity index (χ0v) is 9.06. The SMILES string of the molecule is CC1(C)O[C@H]2O[C@H](CCC(N)=O)C[C@H]2O1. The molecule has 3 atom stereocenters. The highest BCUT2D eigenvalue weighted by molar-refractivity contribution is 5.73. The Morgan fingerprint density at radius 2 is 2.20 bits per heavy atom. The van der Waals surface area contributed by atoms with Gasteiger partial charge in [-0.2, -0.15) is 0 Å². The van der Waals surface area contributed by atoms with Crippen molar-refractivity contribution < 1.29 is 19.0 Å². The van der Waals surface area contributed by atoms with Crippen LogP contribution in [0.2, 0.25) is 0 Å². The first-order chi connectivity index (χ1) is 6.96. The lowest BCUT2D eigenvalue weighted by Crippen LogP contribution is -2.25. The van der Waals surface area contributed by atoms with Gasteiger partial charge in [-0.25, -0.2) is 0 Å². The number of primary amides is 1. The van der Waals surface area contributed by atoms with Gasteiger partial charge in [-0.05, 0) is 20.3 Å². The Morgan fingerprint density at radius 1 is 1.47 bits per heavy atom. The van der Waals surface area contributed by atoms with E-state index in [4.69, 9.17) is 19.9 Å². The van der Waals surface area contributed by atoms with Gasteiger partial charge in [0.25, 0.3) is 0 Å². The van der Waals surface area contributed by atoms with Crippen LogP contribution in [0, 0.1) is 0 Å². The third kappa shape index (κ3) is 2.48. The third-order valence-electron chi connectivity index (χ3n) is 2.67. The Balaban J connectivity index is 1.81. The Kier molecular flexibility index (Phi) is 2.70. The van der Waals surface area contributed by atoms with Gasteiger partial charge in [0.05, 0.1) is 6.10 Å². The monoisotopic (exact) mass is 215 g/mol. The number of carbonyl (C=O) groups excluding carboxylic acids is 1. The minimum absolute atomic E-state index is 0.00197. The van der Waals surface area contributed by atoms with Crippen molar-refractivity contribution in [2.75, 3.05) is 0 Å². The second-order valence-electron chi connectivity index (χ2n) is 4.54. The topological polar surface area (TPSA) is 70.8 Å². The number of ether oxygens (including phenoxy) is 3. The fourth-order valence-electron chi connectivity index (χ4n) is 2.07. The van der Waals surface area contributed by atoms with E-state index < -0.39 is 5.79 Å². The molecule has 2 heterocycles. The van der Waals surface area contributed by atoms with Crippen molar-refractivity contribution in [3.63, 3.8) is 0 Å². The number of amides is 1. The van der Waals surface area contributed by atoms with E-state index in [1.165, 1.54) is 0 Å². The van der Waals surface area contributed by atoms with E-state index in [-0.39, 0.29) is 24.4 Å². The van der Waals surface area contributed by atoms with Crippen LogP contribution in [0.25, 0.3) is 0 Å². The zero-order valence-electron chi connectivity index (χ0n) is 9.06. The van der Waals surface area contributed by atoms with Crippen molar-refractivity contribution in [3.8, 4) is 0 Å². The zero-order chi connectivity index (χ0) is 11.1. The molecule has 0 bridgehead atoms. The molecule has 5 nitrogen and oxygen atoms in total. The quantitative estimate of drug-likeness (QED) is 0.745. The maximum atomic E-state index is 10.6. The summed E-state index contributed by atoms with van der Waals surface area (Å²) in [7, 11) is 0. The van der Waals surface area contributed by atoms with Gasteiger partial charge in [0.2, 0.25) is 5.91 Å². The molecule has 2 aliphatic heterocycles. The van der Waals surface area contributed by atoms with Crippen molar-refractivity contribution >= 4 is 5.91 Å². The van der Waals surface area contributed by atoms with Gasteiger partial charge in [-0.1, -0.05) is 0 Å². The molecule has 2 rings (SSSR count). The minimum Gasteiger partial charge on any atom is -0.370 e. The van der Waals surface area contributed by atoms with Gasteiger partial charge >= 0.3 is 0 Å². The Labute approximate surface area is 88.9 Å². The molecule has 0 unspecified atom stereocenters. The number of nitrogens with two attached hydrogens (primary N) is 1. The van der Waals surface area contributed by atoms with Gasteiger partial charge in [-0.3, -0.25) is 4.79 Å². The van der Waals surface area contributed by atoms with Crippen LogP contribution in [0.5, 0.6) is 0 Å². The summed E-state index contributed by atoms with van der Waals surface area (Å²) in [5.41, 5.74) is 5.07. The number of fused-ring (bicyclic) bond motifs is 1. The van der Waals surface area contributed by atoms with Crippen LogP contribution >= 0.6 is 0 Å². The molecule has 1 amide bonds. The molecule has 0 spiro atoms. The fourth-order valence-corrected chi connectivity index (χ4v) is 2.07. The molecule has 0 aromatic carbocycles. The Hall–Kier alpha value is -0.650. The fraction of sp³-hybridized carbons (Fsp3) is 0.900. The van der Waals surface area contributed by atoms with Crippen LogP contribution in [0.3, 0.4) is 0 Å². The number of hydrogen-bond donors (Lipinski definition) is 1. The summed E-state index contributed by atoms with van der Waals surface area (Å²) in [5, 5.41) is 0. The van der Waals surface area contributed by atoms with E-state index >= 15 is 0 Å². The molecule has 5 heteroatoms. The molecular weight excluding hydrogens is 198 g/mol. The molecular formula is C10H17NO4. The maximum Gasteiger partial charge on any atom is 0.217 e. The van der Waals surface area contributed by atoms with E-state index in [2.05, 4.69) is 0 Å². The van der Waals surface area contributed by atoms with Crippen molar-refractivity contribution in [1.29, 1.82) is 0 Å². The second kappa shape index (κ2) is 3.73. The summed E-state index contributed by atoms with van der Waals surface area (Å²) in [5.74, 6) is -0.845. The Morgan fingerprint density at radius 3 is 2.80 bits per heavy atom. The van der Waals surface area contributed by atoms with Crippen LogP contribution in [0.4, 0.5) is 0 Å². The predicted octanol–water partition coefficient (Wildman–Crippen LogP) is 0.518. The average Bonchev–Trinajstić information content (AvgIpc) is 2.53. The van der Waals surface area contributed by atoms with Crippen molar-refractivity contribution in [1.82, 2.24) is 0 Å². The highest BCUT2D eigenvalue weighted by Crippen LogP contribution is 2.37. The lowest BCUT2D eigenvalue weighted by molar-refractivity contribution is -0.205. The molecule has 0 radical (unpaired) electrons. The summed E-state index contributed by atoms with van der Waals surface area (Å²) in [6, 6.07) is 0. The minimum atomic E-state index is -0.552. The average molecular weight is 215 g/mol. The smallest absolute Gasteiger partial charge is 0.217 e. The standard InChI is InChI=1S/C10H17NO4/c1-10(2)14-7-5-6(3-4-8(11)12)13-9(7)15-10/h6-7,9H,3-5H2,1-2H3,(H2,11,12)/t6-,7-,9-/m1/s1. The summed E-state index contributed by atoms with van der Waals surface area (Å²) >= 11 is 0. The van der Waals surface area contributed by atoms with E-state index in [1.807, 2.05) is 13.8 Å². The normalized spacial score (nSPS) is 37.9. The van der Waals surface area contributed by atoms with Crippen LogP contribution in [-0.2, 0) is 19.0 Å². The molecule has 0 aromatic rings. The van der Waals surface area contributed by atoms with Gasteiger partial charge in [0.1, 0.15) is 6.10 Å². The van der Waals surface area contributed by atoms with Gasteiger partial charge in [0, 0.05) is 12.8 Å². The first-order valence-corrected chi connectivity index (χ1v) is 5.26. The molecule has 2 aliphatic rings. The van der Waals surface area contributed by atoms with Crippen LogP contribution < -0.4 is 5.73 Å². The summed E-state index contributed by atoms with van der Waals surface area (Å²) < 4.78 is 16.8. The number of hydrogen-bond acceptors (Lipinski definition) is 4. The lowest BCUT2D eigenvalue weighted by atomic mass is 10.1. The molecule has 0 aromatic heterocycles. The van der Waals surface area contributed by atoms with Crippen LogP contribution in [-0.4, -0.2) is 30.2 Å². The van der Waals surface area contributed by atoms with E-state index in [0.29, 0.717) is 12.8 Å².